The SMILES string of the molecule is CCc1nccc2c3ccccc3n(Cc3cc([N+](=O)[O-])ccc3OC)c12. The van der Waals surface area contributed by atoms with Crippen LogP contribution in [0.25, 0.3) is 21.8 Å². The van der Waals surface area contributed by atoms with Crippen LogP contribution in [-0.4, -0.2) is 21.6 Å². The van der Waals surface area contributed by atoms with E-state index in [2.05, 4.69) is 28.6 Å². The van der Waals surface area contributed by atoms with Crippen LogP contribution < -0.4 is 4.74 Å². The summed E-state index contributed by atoms with van der Waals surface area (Å²) in [7, 11) is 1.58. The van der Waals surface area contributed by atoms with Crippen molar-refractivity contribution in [2.24, 2.45) is 0 Å². The second-order valence-electron chi connectivity index (χ2n) is 6.36. The Bertz CT molecular complexity index is 1160. The van der Waals surface area contributed by atoms with Crippen molar-refractivity contribution in [3.63, 3.8) is 0 Å². The molecule has 0 atom stereocenters. The van der Waals surface area contributed by atoms with E-state index in [0.29, 0.717) is 12.3 Å². The molecule has 0 spiro atoms. The van der Waals surface area contributed by atoms with Crippen LogP contribution >= 0.6 is 0 Å². The number of para-hydroxylation sites is 1. The fourth-order valence-electron chi connectivity index (χ4n) is 3.67. The van der Waals surface area contributed by atoms with Crippen molar-refractivity contribution in [2.45, 2.75) is 19.9 Å². The van der Waals surface area contributed by atoms with E-state index in [-0.39, 0.29) is 10.6 Å². The quantitative estimate of drug-likeness (QED) is 0.381. The van der Waals surface area contributed by atoms with Crippen LogP contribution in [0.5, 0.6) is 5.75 Å². The minimum Gasteiger partial charge on any atom is -0.496 e. The number of methoxy groups -OCH3 is 1. The first kappa shape index (κ1) is 17.0. The highest BCUT2D eigenvalue weighted by molar-refractivity contribution is 6.08. The zero-order chi connectivity index (χ0) is 19.0. The molecule has 0 fully saturated rings. The molecule has 0 aliphatic heterocycles. The molecule has 0 bridgehead atoms. The van der Waals surface area contributed by atoms with E-state index in [9.17, 15) is 10.1 Å². The van der Waals surface area contributed by atoms with E-state index < -0.39 is 0 Å². The summed E-state index contributed by atoms with van der Waals surface area (Å²) in [6, 6.07) is 14.9. The van der Waals surface area contributed by atoms with Gasteiger partial charge in [-0.1, -0.05) is 25.1 Å². The second kappa shape index (κ2) is 6.72. The molecule has 0 aliphatic carbocycles. The number of fused-ring (bicyclic) bond motifs is 3. The number of hydrogen-bond acceptors (Lipinski definition) is 4. The largest absolute Gasteiger partial charge is 0.496 e. The average Bonchev–Trinajstić information content (AvgIpc) is 3.02. The number of hydrogen-bond donors (Lipinski definition) is 0. The summed E-state index contributed by atoms with van der Waals surface area (Å²) in [6.07, 6.45) is 2.64. The van der Waals surface area contributed by atoms with Gasteiger partial charge in [0.25, 0.3) is 5.69 Å². The molecular weight excluding hydrogens is 342 g/mol. The van der Waals surface area contributed by atoms with E-state index in [1.165, 1.54) is 6.07 Å². The lowest BCUT2D eigenvalue weighted by Gasteiger charge is -2.13. The minimum absolute atomic E-state index is 0.0559. The van der Waals surface area contributed by atoms with Gasteiger partial charge in [-0.05, 0) is 24.6 Å². The molecule has 2 aromatic heterocycles. The highest BCUT2D eigenvalue weighted by Gasteiger charge is 2.17. The molecule has 4 aromatic rings. The smallest absolute Gasteiger partial charge is 0.270 e. The van der Waals surface area contributed by atoms with Crippen molar-refractivity contribution in [2.75, 3.05) is 7.11 Å². The number of nitrogens with zero attached hydrogens (tertiary/aromatic N) is 3. The Kier molecular flexibility index (Phi) is 4.24. The van der Waals surface area contributed by atoms with Crippen molar-refractivity contribution in [1.29, 1.82) is 0 Å². The molecule has 2 heterocycles. The third kappa shape index (κ3) is 2.79. The number of nitro benzene ring substituents is 1. The predicted molar refractivity (Wildman–Crippen MR) is 105 cm³/mol. The zero-order valence-electron chi connectivity index (χ0n) is 15.2. The van der Waals surface area contributed by atoms with E-state index in [1.807, 2.05) is 24.4 Å². The van der Waals surface area contributed by atoms with Crippen LogP contribution in [0.3, 0.4) is 0 Å². The fraction of sp³-hybridized carbons (Fsp3) is 0.190. The summed E-state index contributed by atoms with van der Waals surface area (Å²) in [5, 5.41) is 13.5. The lowest BCUT2D eigenvalue weighted by Crippen LogP contribution is -2.04. The van der Waals surface area contributed by atoms with Crippen molar-refractivity contribution in [3.05, 3.63) is 76.1 Å². The maximum Gasteiger partial charge on any atom is 0.270 e. The fourth-order valence-corrected chi connectivity index (χ4v) is 3.67. The van der Waals surface area contributed by atoms with Crippen molar-refractivity contribution in [1.82, 2.24) is 9.55 Å². The summed E-state index contributed by atoms with van der Waals surface area (Å²) >= 11 is 0. The molecule has 27 heavy (non-hydrogen) atoms. The third-order valence-electron chi connectivity index (χ3n) is 4.89. The van der Waals surface area contributed by atoms with Crippen LogP contribution in [0, 0.1) is 10.1 Å². The highest BCUT2D eigenvalue weighted by atomic mass is 16.6. The van der Waals surface area contributed by atoms with Crippen LogP contribution in [-0.2, 0) is 13.0 Å². The molecule has 136 valence electrons. The summed E-state index contributed by atoms with van der Waals surface area (Å²) in [4.78, 5) is 15.4. The average molecular weight is 361 g/mol. The molecule has 0 aliphatic rings. The molecule has 6 nitrogen and oxygen atoms in total. The summed E-state index contributed by atoms with van der Waals surface area (Å²) in [6.45, 7) is 2.55. The Morgan fingerprint density at radius 3 is 2.70 bits per heavy atom. The van der Waals surface area contributed by atoms with Gasteiger partial charge in [0.2, 0.25) is 0 Å². The Hall–Kier alpha value is -3.41. The topological polar surface area (TPSA) is 70.2 Å². The molecule has 0 amide bonds. The van der Waals surface area contributed by atoms with E-state index in [4.69, 9.17) is 4.74 Å². The maximum atomic E-state index is 11.2. The lowest BCUT2D eigenvalue weighted by molar-refractivity contribution is -0.384. The Morgan fingerprint density at radius 2 is 1.96 bits per heavy atom. The van der Waals surface area contributed by atoms with Crippen molar-refractivity contribution >= 4 is 27.5 Å². The highest BCUT2D eigenvalue weighted by Crippen LogP contribution is 2.33. The first-order chi connectivity index (χ1) is 13.1. The second-order valence-corrected chi connectivity index (χ2v) is 6.36. The number of pyridine rings is 1. The third-order valence-corrected chi connectivity index (χ3v) is 4.89. The summed E-state index contributed by atoms with van der Waals surface area (Å²) in [5.74, 6) is 0.633. The molecule has 0 saturated heterocycles. The monoisotopic (exact) mass is 361 g/mol. The summed E-state index contributed by atoms with van der Waals surface area (Å²) in [5.41, 5.74) is 3.97. The number of benzene rings is 2. The van der Waals surface area contributed by atoms with Gasteiger partial charge in [0.05, 0.1) is 29.8 Å². The van der Waals surface area contributed by atoms with Gasteiger partial charge in [0.1, 0.15) is 5.75 Å². The van der Waals surface area contributed by atoms with Gasteiger partial charge in [-0.3, -0.25) is 15.1 Å². The standard InChI is InChI=1S/C21H19N3O3/c1-3-18-21-17(10-11-22-18)16-6-4-5-7-19(16)23(21)13-14-12-15(24(25)26)8-9-20(14)27-2/h4-12H,3,13H2,1-2H3. The van der Waals surface area contributed by atoms with E-state index >= 15 is 0 Å². The number of aromatic nitrogens is 2. The Balaban J connectivity index is 1.99. The molecule has 0 saturated carbocycles. The molecule has 6 heteroatoms. The van der Waals surface area contributed by atoms with E-state index in [0.717, 1.165) is 39.5 Å². The maximum absolute atomic E-state index is 11.2. The normalized spacial score (nSPS) is 11.2. The molecule has 0 N–H and O–H groups in total. The van der Waals surface area contributed by atoms with Crippen LogP contribution in [0.1, 0.15) is 18.2 Å². The van der Waals surface area contributed by atoms with E-state index in [1.54, 1.807) is 19.2 Å². The first-order valence-electron chi connectivity index (χ1n) is 8.80. The minimum atomic E-state index is -0.381. The zero-order valence-corrected chi connectivity index (χ0v) is 15.2. The Labute approximate surface area is 156 Å². The molecular formula is C21H19N3O3. The number of nitro groups is 1. The van der Waals surface area contributed by atoms with Crippen LogP contribution in [0.15, 0.2) is 54.7 Å². The molecule has 4 rings (SSSR count). The number of rotatable bonds is 5. The Morgan fingerprint density at radius 1 is 1.15 bits per heavy atom. The summed E-state index contributed by atoms with van der Waals surface area (Å²) < 4.78 is 7.64. The van der Waals surface area contributed by atoms with Gasteiger partial charge in [-0.15, -0.1) is 0 Å². The lowest BCUT2D eigenvalue weighted by atomic mass is 10.1. The molecule has 2 aromatic carbocycles. The van der Waals surface area contributed by atoms with Crippen LogP contribution in [0.4, 0.5) is 5.69 Å². The van der Waals surface area contributed by atoms with Gasteiger partial charge in [0, 0.05) is 40.2 Å². The number of aryl methyl sites for hydroxylation is 1. The van der Waals surface area contributed by atoms with Crippen molar-refractivity contribution in [3.8, 4) is 5.75 Å². The van der Waals surface area contributed by atoms with Gasteiger partial charge >= 0.3 is 0 Å². The van der Waals surface area contributed by atoms with Gasteiger partial charge in [0.15, 0.2) is 0 Å². The van der Waals surface area contributed by atoms with Gasteiger partial charge in [-0.25, -0.2) is 0 Å². The number of ether oxygens (including phenoxy) is 1. The first-order valence-corrected chi connectivity index (χ1v) is 8.80. The van der Waals surface area contributed by atoms with Gasteiger partial charge in [-0.2, -0.15) is 0 Å². The van der Waals surface area contributed by atoms with Gasteiger partial charge < -0.3 is 9.30 Å². The molecule has 0 unspecified atom stereocenters. The molecule has 0 radical (unpaired) electrons. The predicted octanol–water partition coefficient (Wildman–Crippen LogP) is 4.72. The number of non-ortho nitro benzene ring substituents is 1. The van der Waals surface area contributed by atoms with Crippen molar-refractivity contribution < 1.29 is 9.66 Å². The van der Waals surface area contributed by atoms with Crippen LogP contribution in [0.2, 0.25) is 0 Å².